The topological polar surface area (TPSA) is 71.3 Å². The quantitative estimate of drug-likeness (QED) is 0.662. The molecule has 3 aromatic rings. The van der Waals surface area contributed by atoms with Gasteiger partial charge in [-0.25, -0.2) is 0 Å². The predicted molar refractivity (Wildman–Crippen MR) is 109 cm³/mol. The van der Waals surface area contributed by atoms with Crippen LogP contribution in [-0.4, -0.2) is 40.1 Å². The highest BCUT2D eigenvalue weighted by Crippen LogP contribution is 2.19. The van der Waals surface area contributed by atoms with Gasteiger partial charge in [0.25, 0.3) is 0 Å². The number of benzene rings is 1. The Kier molecular flexibility index (Phi) is 6.14. The number of hydrogen-bond donors (Lipinski definition) is 1. The summed E-state index contributed by atoms with van der Waals surface area (Å²) in [5.41, 5.74) is 2.29. The number of likely N-dealkylation sites (tertiary alicyclic amines) is 1. The summed E-state index contributed by atoms with van der Waals surface area (Å²) < 4.78 is 5.26. The zero-order chi connectivity index (χ0) is 19.2. The van der Waals surface area contributed by atoms with E-state index in [0.717, 1.165) is 38.0 Å². The van der Waals surface area contributed by atoms with Gasteiger partial charge in [0, 0.05) is 49.5 Å². The third kappa shape index (κ3) is 5.05. The van der Waals surface area contributed by atoms with Crippen LogP contribution in [0.3, 0.4) is 0 Å². The normalized spacial score (nSPS) is 15.6. The second-order valence-electron chi connectivity index (χ2n) is 7.13. The van der Waals surface area contributed by atoms with Crippen molar-refractivity contribution in [3.8, 4) is 11.4 Å². The van der Waals surface area contributed by atoms with Crippen molar-refractivity contribution < 1.29 is 9.32 Å². The van der Waals surface area contributed by atoms with Gasteiger partial charge in [-0.1, -0.05) is 35.5 Å². The number of carbonyl (C=O) groups excluding carboxylic acids is 1. The van der Waals surface area contributed by atoms with E-state index in [1.165, 1.54) is 5.56 Å². The van der Waals surface area contributed by atoms with E-state index in [9.17, 15) is 4.79 Å². The van der Waals surface area contributed by atoms with Crippen molar-refractivity contribution in [1.29, 1.82) is 0 Å². The molecule has 1 aromatic carbocycles. The van der Waals surface area contributed by atoms with E-state index in [1.54, 1.807) is 11.3 Å². The van der Waals surface area contributed by atoms with E-state index in [2.05, 4.69) is 44.6 Å². The summed E-state index contributed by atoms with van der Waals surface area (Å²) >= 11 is 1.59. The van der Waals surface area contributed by atoms with Crippen LogP contribution in [0.2, 0.25) is 0 Å². The summed E-state index contributed by atoms with van der Waals surface area (Å²) in [4.78, 5) is 19.1. The molecule has 0 bridgehead atoms. The van der Waals surface area contributed by atoms with Gasteiger partial charge >= 0.3 is 0 Å². The summed E-state index contributed by atoms with van der Waals surface area (Å²) in [6.07, 6.45) is 2.81. The summed E-state index contributed by atoms with van der Waals surface area (Å²) in [5, 5.41) is 11.1. The Balaban J connectivity index is 1.18. The molecule has 146 valence electrons. The molecule has 0 radical (unpaired) electrons. The lowest BCUT2D eigenvalue weighted by atomic mass is 10.0. The SMILES string of the molecule is O=C(CCc1nc(-c2ccsc2)no1)NC1CCN(Cc2ccccc2)CC1. The number of thiophene rings is 1. The largest absolute Gasteiger partial charge is 0.353 e. The fraction of sp³-hybridized carbons (Fsp3) is 0.381. The van der Waals surface area contributed by atoms with E-state index in [1.807, 2.05) is 22.9 Å². The first-order valence-corrected chi connectivity index (χ1v) is 10.6. The molecule has 1 amide bonds. The Labute approximate surface area is 168 Å². The highest BCUT2D eigenvalue weighted by Gasteiger charge is 2.21. The number of nitrogens with one attached hydrogen (secondary N) is 1. The van der Waals surface area contributed by atoms with E-state index >= 15 is 0 Å². The molecule has 2 aromatic heterocycles. The average Bonchev–Trinajstić information content (AvgIpc) is 3.41. The molecule has 1 aliphatic rings. The Morgan fingerprint density at radius 2 is 2.04 bits per heavy atom. The number of piperidine rings is 1. The van der Waals surface area contributed by atoms with Crippen LogP contribution in [-0.2, 0) is 17.8 Å². The lowest BCUT2D eigenvalue weighted by Gasteiger charge is -2.32. The fourth-order valence-corrected chi connectivity index (χ4v) is 4.10. The van der Waals surface area contributed by atoms with Gasteiger partial charge in [-0.2, -0.15) is 16.3 Å². The molecule has 0 aliphatic carbocycles. The monoisotopic (exact) mass is 396 g/mol. The smallest absolute Gasteiger partial charge is 0.227 e. The molecule has 6 nitrogen and oxygen atoms in total. The van der Waals surface area contributed by atoms with Crippen LogP contribution in [0, 0.1) is 0 Å². The summed E-state index contributed by atoms with van der Waals surface area (Å²) in [5.74, 6) is 1.15. The van der Waals surface area contributed by atoms with Crippen molar-refractivity contribution in [2.45, 2.75) is 38.3 Å². The maximum absolute atomic E-state index is 12.3. The average molecular weight is 397 g/mol. The van der Waals surface area contributed by atoms with Gasteiger partial charge in [0.2, 0.25) is 17.6 Å². The van der Waals surface area contributed by atoms with Crippen LogP contribution in [0.1, 0.15) is 30.7 Å². The number of carbonyl (C=O) groups is 1. The molecular weight excluding hydrogens is 372 g/mol. The van der Waals surface area contributed by atoms with Crippen molar-refractivity contribution in [1.82, 2.24) is 20.4 Å². The van der Waals surface area contributed by atoms with E-state index in [0.29, 0.717) is 24.6 Å². The van der Waals surface area contributed by atoms with Gasteiger partial charge in [0.1, 0.15) is 0 Å². The number of amides is 1. The third-order valence-corrected chi connectivity index (χ3v) is 5.70. The van der Waals surface area contributed by atoms with Gasteiger partial charge in [-0.05, 0) is 29.9 Å². The lowest BCUT2D eigenvalue weighted by molar-refractivity contribution is -0.122. The zero-order valence-corrected chi connectivity index (χ0v) is 16.5. The van der Waals surface area contributed by atoms with Gasteiger partial charge < -0.3 is 9.84 Å². The van der Waals surface area contributed by atoms with Gasteiger partial charge in [-0.3, -0.25) is 9.69 Å². The highest BCUT2D eigenvalue weighted by molar-refractivity contribution is 7.08. The standard InChI is InChI=1S/C21H24N4O2S/c26-19(6-7-20-23-21(24-27-20)17-10-13-28-15-17)22-18-8-11-25(12-9-18)14-16-4-2-1-3-5-16/h1-5,10,13,15,18H,6-9,11-12,14H2,(H,22,26). The van der Waals surface area contributed by atoms with Crippen molar-refractivity contribution in [3.63, 3.8) is 0 Å². The van der Waals surface area contributed by atoms with Crippen LogP contribution in [0.5, 0.6) is 0 Å². The Morgan fingerprint density at radius 3 is 2.79 bits per heavy atom. The molecule has 1 aliphatic heterocycles. The molecular formula is C21H24N4O2S. The first kappa shape index (κ1) is 18.8. The van der Waals surface area contributed by atoms with Crippen LogP contribution in [0.15, 0.2) is 51.7 Å². The maximum atomic E-state index is 12.3. The number of aromatic nitrogens is 2. The van der Waals surface area contributed by atoms with Crippen LogP contribution in [0.25, 0.3) is 11.4 Å². The van der Waals surface area contributed by atoms with Crippen molar-refractivity contribution in [2.75, 3.05) is 13.1 Å². The number of hydrogen-bond acceptors (Lipinski definition) is 6. The van der Waals surface area contributed by atoms with Crippen molar-refractivity contribution in [2.24, 2.45) is 0 Å². The van der Waals surface area contributed by atoms with Crippen molar-refractivity contribution >= 4 is 17.2 Å². The van der Waals surface area contributed by atoms with Crippen LogP contribution < -0.4 is 5.32 Å². The predicted octanol–water partition coefficient (Wildman–Crippen LogP) is 3.51. The fourth-order valence-electron chi connectivity index (χ4n) is 3.46. The molecule has 1 saturated heterocycles. The van der Waals surface area contributed by atoms with E-state index in [4.69, 9.17) is 4.52 Å². The second-order valence-corrected chi connectivity index (χ2v) is 7.91. The number of aryl methyl sites for hydroxylation is 1. The summed E-state index contributed by atoms with van der Waals surface area (Å²) in [6.45, 7) is 2.99. The van der Waals surface area contributed by atoms with Gasteiger partial charge in [0.05, 0.1) is 0 Å². The molecule has 28 heavy (non-hydrogen) atoms. The molecule has 7 heteroatoms. The zero-order valence-electron chi connectivity index (χ0n) is 15.7. The molecule has 1 fully saturated rings. The van der Waals surface area contributed by atoms with Gasteiger partial charge in [0.15, 0.2) is 0 Å². The van der Waals surface area contributed by atoms with E-state index < -0.39 is 0 Å². The Bertz CT molecular complexity index is 871. The number of nitrogens with zero attached hydrogens (tertiary/aromatic N) is 3. The molecule has 0 unspecified atom stereocenters. The van der Waals surface area contributed by atoms with Crippen molar-refractivity contribution in [3.05, 3.63) is 58.6 Å². The first-order valence-electron chi connectivity index (χ1n) is 9.67. The van der Waals surface area contributed by atoms with Crippen LogP contribution in [0.4, 0.5) is 0 Å². The minimum Gasteiger partial charge on any atom is -0.353 e. The molecule has 3 heterocycles. The third-order valence-electron chi connectivity index (χ3n) is 5.02. The highest BCUT2D eigenvalue weighted by atomic mass is 32.1. The molecule has 0 spiro atoms. The maximum Gasteiger partial charge on any atom is 0.227 e. The van der Waals surface area contributed by atoms with Gasteiger partial charge in [-0.15, -0.1) is 0 Å². The first-order chi connectivity index (χ1) is 13.8. The molecule has 0 saturated carbocycles. The molecule has 0 atom stereocenters. The second kappa shape index (κ2) is 9.12. The lowest BCUT2D eigenvalue weighted by Crippen LogP contribution is -2.44. The molecule has 4 rings (SSSR count). The van der Waals surface area contributed by atoms with E-state index in [-0.39, 0.29) is 11.9 Å². The Morgan fingerprint density at radius 1 is 1.21 bits per heavy atom. The number of rotatable bonds is 7. The minimum atomic E-state index is 0.0526. The summed E-state index contributed by atoms with van der Waals surface area (Å²) in [6, 6.07) is 12.7. The molecule has 1 N–H and O–H groups in total. The van der Waals surface area contributed by atoms with Crippen LogP contribution >= 0.6 is 11.3 Å². The Hall–Kier alpha value is -2.51. The summed E-state index contributed by atoms with van der Waals surface area (Å²) in [7, 11) is 0. The minimum absolute atomic E-state index is 0.0526.